The Morgan fingerprint density at radius 2 is 0.968 bits per heavy atom. The number of aromatic hydroxyl groups is 1. The maximum absolute atomic E-state index is 13.8. The Morgan fingerprint density at radius 1 is 0.548 bits per heavy atom. The first-order valence-corrected chi connectivity index (χ1v) is 18.6. The molecule has 26 nitrogen and oxygen atoms in total. The van der Waals surface area contributed by atoms with Crippen molar-refractivity contribution in [3.63, 3.8) is 0 Å². The molecule has 0 aliphatic rings. The molecule has 342 valence electrons. The molecule has 16 N–H and O–H groups in total. The molecule has 1 aromatic carbocycles. The van der Waals surface area contributed by atoms with Gasteiger partial charge >= 0.3 is 17.9 Å². The van der Waals surface area contributed by atoms with Crippen molar-refractivity contribution < 1.29 is 83.1 Å². The van der Waals surface area contributed by atoms with Crippen LogP contribution in [0.15, 0.2) is 24.3 Å². The Labute approximate surface area is 352 Å². The van der Waals surface area contributed by atoms with Gasteiger partial charge in [0.1, 0.15) is 48.0 Å². The molecule has 26 heteroatoms. The third-order valence-corrected chi connectivity index (χ3v) is 8.53. The van der Waals surface area contributed by atoms with E-state index in [1.807, 2.05) is 10.6 Å². The number of aliphatic hydroxyl groups is 1. The molecule has 0 unspecified atom stereocenters. The minimum absolute atomic E-state index is 0.177. The largest absolute Gasteiger partial charge is 0.508 e. The molecule has 0 radical (unpaired) electrons. The smallest absolute Gasteiger partial charge is 0.305 e. The zero-order chi connectivity index (χ0) is 47.4. The molecule has 0 aliphatic heterocycles. The second-order valence-electron chi connectivity index (χ2n) is 13.9. The minimum Gasteiger partial charge on any atom is -0.508 e. The number of nitrogens with two attached hydrogens (primary N) is 2. The number of primary amides is 2. The molecule has 0 fully saturated rings. The highest BCUT2D eigenvalue weighted by Gasteiger charge is 2.36. The van der Waals surface area contributed by atoms with E-state index in [-0.39, 0.29) is 12.2 Å². The molecule has 0 spiro atoms. The number of phenolic OH excluding ortho intramolecular Hbond substituents is 1. The topological polar surface area (TPSA) is 442 Å². The maximum atomic E-state index is 13.8. The summed E-state index contributed by atoms with van der Waals surface area (Å²) in [5, 5.41) is 63.0. The van der Waals surface area contributed by atoms with Crippen molar-refractivity contribution in [1.82, 2.24) is 37.2 Å². The van der Waals surface area contributed by atoms with E-state index >= 15 is 0 Å². The molecule has 9 amide bonds. The molecule has 0 heterocycles. The number of carboxylic acids is 3. The van der Waals surface area contributed by atoms with Crippen molar-refractivity contribution in [1.29, 1.82) is 0 Å². The Hall–Kier alpha value is -7.38. The van der Waals surface area contributed by atoms with Crippen LogP contribution in [0.1, 0.15) is 64.9 Å². The third kappa shape index (κ3) is 19.6. The molecule has 1 aromatic rings. The lowest BCUT2D eigenvalue weighted by Gasteiger charge is -2.28. The molecular formula is C36H51N9O17. The van der Waals surface area contributed by atoms with E-state index in [1.165, 1.54) is 31.2 Å². The van der Waals surface area contributed by atoms with Crippen molar-refractivity contribution in [2.24, 2.45) is 11.5 Å². The Kier molecular flexibility index (Phi) is 21.5. The number of hydrogen-bond donors (Lipinski definition) is 14. The van der Waals surface area contributed by atoms with Crippen LogP contribution in [0.25, 0.3) is 0 Å². The van der Waals surface area contributed by atoms with Crippen LogP contribution < -0.4 is 48.7 Å². The van der Waals surface area contributed by atoms with E-state index in [4.69, 9.17) is 16.6 Å². The van der Waals surface area contributed by atoms with E-state index in [9.17, 15) is 78.0 Å². The normalized spacial score (nSPS) is 14.6. The molecule has 1 rings (SSSR count). The second-order valence-corrected chi connectivity index (χ2v) is 13.9. The number of nitrogens with one attached hydrogen (secondary N) is 7. The van der Waals surface area contributed by atoms with Gasteiger partial charge in [-0.15, -0.1) is 0 Å². The summed E-state index contributed by atoms with van der Waals surface area (Å²) in [6.45, 7) is 3.34. The van der Waals surface area contributed by atoms with Gasteiger partial charge in [-0.05, 0) is 44.4 Å². The van der Waals surface area contributed by atoms with Crippen molar-refractivity contribution in [3.8, 4) is 5.75 Å². The first-order valence-electron chi connectivity index (χ1n) is 18.6. The summed E-state index contributed by atoms with van der Waals surface area (Å²) in [6, 6.07) is -6.98. The predicted octanol–water partition coefficient (Wildman–Crippen LogP) is -5.69. The van der Waals surface area contributed by atoms with Crippen LogP contribution >= 0.6 is 0 Å². The Morgan fingerprint density at radius 3 is 1.39 bits per heavy atom. The van der Waals surface area contributed by atoms with Gasteiger partial charge in [0.05, 0.1) is 18.9 Å². The van der Waals surface area contributed by atoms with Crippen LogP contribution in [0.5, 0.6) is 5.75 Å². The van der Waals surface area contributed by atoms with Crippen LogP contribution in [0.3, 0.4) is 0 Å². The zero-order valence-corrected chi connectivity index (χ0v) is 33.7. The number of rotatable bonds is 27. The number of aliphatic hydroxyl groups excluding tert-OH is 1. The molecule has 62 heavy (non-hydrogen) atoms. The summed E-state index contributed by atoms with van der Waals surface area (Å²) in [5.74, 6) is -15.1. The molecular weight excluding hydrogens is 830 g/mol. The van der Waals surface area contributed by atoms with Gasteiger partial charge in [0, 0.05) is 26.2 Å². The van der Waals surface area contributed by atoms with Gasteiger partial charge in [0.2, 0.25) is 53.2 Å². The first-order chi connectivity index (χ1) is 28.8. The number of carbonyl (C=O) groups excluding carboxylic acids is 9. The van der Waals surface area contributed by atoms with Crippen LogP contribution in [0, 0.1) is 0 Å². The summed E-state index contributed by atoms with van der Waals surface area (Å²) in [4.78, 5) is 150. The monoisotopic (exact) mass is 881 g/mol. The quantitative estimate of drug-likeness (QED) is 0.0391. The average Bonchev–Trinajstić information content (AvgIpc) is 3.15. The first kappa shape index (κ1) is 52.6. The Balaban J connectivity index is 3.52. The van der Waals surface area contributed by atoms with Crippen LogP contribution in [-0.4, -0.2) is 145 Å². The molecule has 0 bridgehead atoms. The van der Waals surface area contributed by atoms with E-state index in [0.29, 0.717) is 5.56 Å². The van der Waals surface area contributed by atoms with E-state index < -0.39 is 158 Å². The molecule has 0 aromatic heterocycles. The number of carboxylic acid groups (broad SMARTS) is 3. The second kappa shape index (κ2) is 25.3. The maximum Gasteiger partial charge on any atom is 0.305 e. The van der Waals surface area contributed by atoms with E-state index in [1.54, 1.807) is 0 Å². The number of benzene rings is 1. The van der Waals surface area contributed by atoms with Gasteiger partial charge in [-0.3, -0.25) is 57.5 Å². The predicted molar refractivity (Wildman–Crippen MR) is 207 cm³/mol. The highest BCUT2D eigenvalue weighted by molar-refractivity contribution is 5.99. The Bertz CT molecular complexity index is 1860. The summed E-state index contributed by atoms with van der Waals surface area (Å²) in [6.07, 6.45) is -6.77. The van der Waals surface area contributed by atoms with Gasteiger partial charge in [0.15, 0.2) is 0 Å². The fraction of sp³-hybridized carbons (Fsp3) is 0.500. The fourth-order valence-electron chi connectivity index (χ4n) is 5.31. The molecule has 8 atom stereocenters. The number of aliphatic carboxylic acids is 3. The van der Waals surface area contributed by atoms with Gasteiger partial charge in [0.25, 0.3) is 0 Å². The summed E-state index contributed by atoms with van der Waals surface area (Å²) < 4.78 is 0. The molecule has 0 saturated heterocycles. The number of hydrogen-bond acceptors (Lipinski definition) is 14. The summed E-state index contributed by atoms with van der Waals surface area (Å²) in [5.41, 5.74) is 10.8. The lowest BCUT2D eigenvalue weighted by Crippen LogP contribution is -2.61. The van der Waals surface area contributed by atoms with Crippen LogP contribution in [-0.2, 0) is 64.0 Å². The molecule has 0 aliphatic carbocycles. The van der Waals surface area contributed by atoms with Gasteiger partial charge in [-0.1, -0.05) is 12.1 Å². The van der Waals surface area contributed by atoms with Crippen molar-refractivity contribution in [2.75, 3.05) is 0 Å². The lowest BCUT2D eigenvalue weighted by molar-refractivity contribution is -0.142. The number of phenols is 1. The van der Waals surface area contributed by atoms with Crippen molar-refractivity contribution >= 4 is 71.1 Å². The minimum atomic E-state index is -2.03. The highest BCUT2D eigenvalue weighted by Crippen LogP contribution is 2.13. The van der Waals surface area contributed by atoms with Gasteiger partial charge in [-0.25, -0.2) is 0 Å². The van der Waals surface area contributed by atoms with Crippen molar-refractivity contribution in [3.05, 3.63) is 29.8 Å². The van der Waals surface area contributed by atoms with Gasteiger partial charge in [-0.2, -0.15) is 0 Å². The third-order valence-electron chi connectivity index (χ3n) is 8.53. The average molecular weight is 882 g/mol. The van der Waals surface area contributed by atoms with Gasteiger partial charge < -0.3 is 74.2 Å². The number of carbonyl (C=O) groups is 12. The summed E-state index contributed by atoms with van der Waals surface area (Å²) >= 11 is 0. The standard InChI is InChI=1S/C36H51N9O17/c1-15(30(38)56)39-36(62)29(16(2)46)45-35(61)22(12-18-4-6-19(48)7-5-18)42-32(58)21(9-11-27(52)53)41-33(59)23(13-25(37)49)43-34(60)24(14-28(54)55)44-31(57)20(40-17(3)47)8-10-26(50)51/h4-7,15-16,20-24,29,46,48H,8-14H2,1-3H3,(H2,37,49)(H2,38,56)(H,39,62)(H,40,47)(H,41,59)(H,42,58)(H,43,60)(H,44,57)(H,45,61)(H,50,51)(H,52,53)(H,54,55)/t15-,16+,20-,21-,22-,23-,24-,29-/m0/s1. The van der Waals surface area contributed by atoms with Crippen LogP contribution in [0.2, 0.25) is 0 Å². The van der Waals surface area contributed by atoms with Crippen LogP contribution in [0.4, 0.5) is 0 Å². The fourth-order valence-corrected chi connectivity index (χ4v) is 5.31. The lowest BCUT2D eigenvalue weighted by atomic mass is 10.0. The summed E-state index contributed by atoms with van der Waals surface area (Å²) in [7, 11) is 0. The van der Waals surface area contributed by atoms with E-state index in [0.717, 1.165) is 13.8 Å². The van der Waals surface area contributed by atoms with Crippen molar-refractivity contribution in [2.45, 2.75) is 114 Å². The zero-order valence-electron chi connectivity index (χ0n) is 33.7. The molecule has 0 saturated carbocycles. The highest BCUT2D eigenvalue weighted by atomic mass is 16.4. The number of amides is 9. The SMILES string of the molecule is CC(=O)N[C@@H](CCC(=O)O)C(=O)N[C@@H](CC(=O)O)C(=O)N[C@@H](CC(N)=O)C(=O)N[C@@H](CCC(=O)O)C(=O)N[C@@H](Cc1ccc(O)cc1)C(=O)N[C@H](C(=O)N[C@@H](C)C(N)=O)[C@@H](C)O. The van der Waals surface area contributed by atoms with E-state index in [2.05, 4.69) is 26.6 Å².